The van der Waals surface area contributed by atoms with Crippen LogP contribution < -0.4 is 5.11 Å². The van der Waals surface area contributed by atoms with Crippen LogP contribution in [0.15, 0.2) is 30.3 Å². The molecule has 0 aromatic heterocycles. The third-order valence-electron chi connectivity index (χ3n) is 0.556. The van der Waals surface area contributed by atoms with Gasteiger partial charge in [-0.2, -0.15) is 18.2 Å². The molecule has 0 aliphatic carbocycles. The van der Waals surface area contributed by atoms with Gasteiger partial charge in [0, 0.05) is 21.7 Å². The average molecular weight is 277 g/mol. The largest absolute Gasteiger partial charge is 0.852 e. The van der Waals surface area contributed by atoms with Crippen molar-refractivity contribution in [2.45, 2.75) is 20.0 Å². The second-order valence-electron chi connectivity index (χ2n) is 2.01. The molecule has 1 aromatic rings. The maximum absolute atomic E-state index is 9.53. The Labute approximate surface area is 129 Å². The first kappa shape index (κ1) is 67.9. The Hall–Kier alpha value is 0.0243. The molecule has 0 N–H and O–H groups in total. The summed E-state index contributed by atoms with van der Waals surface area (Å²) in [5, 5.41) is 9.53. The quantitative estimate of drug-likeness (QED) is 0.512. The zero-order valence-corrected chi connectivity index (χ0v) is 14.9. The van der Waals surface area contributed by atoms with E-state index in [1.807, 2.05) is 30.3 Å². The summed E-state index contributed by atoms with van der Waals surface area (Å²) in [6, 6.07) is 10.0. The van der Waals surface area contributed by atoms with Gasteiger partial charge in [-0.25, -0.2) is 12.1 Å². The van der Waals surface area contributed by atoms with Crippen molar-refractivity contribution in [3.05, 3.63) is 82.3 Å². The molecule has 0 fully saturated rings. The Morgan fingerprint density at radius 3 is 1.00 bits per heavy atom. The summed E-state index contributed by atoms with van der Waals surface area (Å²) < 4.78 is 0. The molecule has 0 heterocycles. The Kier molecular flexibility index (Phi) is 224. The van der Waals surface area contributed by atoms with Crippen molar-refractivity contribution < 1.29 is 26.8 Å². The van der Waals surface area contributed by atoms with Crippen molar-refractivity contribution >= 4 is 0 Å². The molecule has 1 aromatic carbocycles. The number of rotatable bonds is 0. The maximum atomic E-state index is 9.53. The molecule has 2 heteroatoms. The third kappa shape index (κ3) is 125. The molecule has 0 saturated carbocycles. The fourth-order valence-electron chi connectivity index (χ4n) is 0.321. The Bertz CT molecular complexity index is 94.5. The first-order chi connectivity index (χ1) is 4.23. The summed E-state index contributed by atoms with van der Waals surface area (Å²) in [5.41, 5.74) is 0. The van der Waals surface area contributed by atoms with Crippen molar-refractivity contribution in [2.24, 2.45) is 0 Å². The predicted molar refractivity (Wildman–Crippen MR) is 82.1 cm³/mol. The maximum Gasteiger partial charge on any atom is 0 e. The molecule has 0 atom stereocenters. The molecule has 112 valence electrons. The molecular weight excluding hydrogens is 244 g/mol. The van der Waals surface area contributed by atoms with Gasteiger partial charge in [0.1, 0.15) is 0 Å². The molecule has 0 aliphatic heterocycles. The summed E-state index contributed by atoms with van der Waals surface area (Å²) >= 11 is 0. The fraction of sp³-hybridized carbons (Fsp3) is 0.200. The Morgan fingerprint density at radius 2 is 0.941 bits per heavy atom. The van der Waals surface area contributed by atoms with Gasteiger partial charge in [0.05, 0.1) is 0 Å². The molecule has 0 amide bonds. The van der Waals surface area contributed by atoms with Crippen LogP contribution in [0.5, 0.6) is 0 Å². The average Bonchev–Trinajstić information content (AvgIpc) is 2.11. The van der Waals surface area contributed by atoms with Gasteiger partial charge >= 0.3 is 0 Å². The summed E-state index contributed by atoms with van der Waals surface area (Å²) in [6.45, 7) is 3.22. The van der Waals surface area contributed by atoms with Crippen LogP contribution in [0.2, 0.25) is 0 Å². The Morgan fingerprint density at radius 1 is 0.765 bits per heavy atom. The van der Waals surface area contributed by atoms with E-state index in [-0.39, 0.29) is 73.7 Å². The van der Waals surface area contributed by atoms with Gasteiger partial charge < -0.3 is 57.1 Å². The van der Waals surface area contributed by atoms with E-state index >= 15 is 0 Å². The predicted octanol–water partition coefficient (Wildman–Crippen LogP) is 4.31. The standard InChI is InChI=1S/C5H5.C3H7O.7CH3.Ti/c1-2-4-5-3-1;1-3(2)4;;;;;;;;/h1-5H;3H,1-2H3;7*1H3;/q9*-1;. The molecule has 0 unspecified atom stereocenters. The van der Waals surface area contributed by atoms with Gasteiger partial charge in [0.15, 0.2) is 0 Å². The Balaban J connectivity index is -0.00000000740. The normalized spacial score (nSPS) is 4.47. The van der Waals surface area contributed by atoms with Crippen molar-refractivity contribution in [3.63, 3.8) is 0 Å². The smallest absolute Gasteiger partial charge is 0 e. The molecule has 0 bridgehead atoms. The topological polar surface area (TPSA) is 23.1 Å². The molecule has 0 radical (unpaired) electrons. The minimum Gasteiger partial charge on any atom is -0.852 e. The van der Waals surface area contributed by atoms with E-state index in [0.717, 1.165) is 0 Å². The second-order valence-corrected chi connectivity index (χ2v) is 2.01. The van der Waals surface area contributed by atoms with Gasteiger partial charge in [-0.3, -0.25) is 0 Å². The second kappa shape index (κ2) is 56.2. The van der Waals surface area contributed by atoms with Crippen LogP contribution >= 0.6 is 0 Å². The summed E-state index contributed by atoms with van der Waals surface area (Å²) in [4.78, 5) is 0. The molecule has 0 saturated heterocycles. The van der Waals surface area contributed by atoms with Gasteiger partial charge in [0.2, 0.25) is 0 Å². The summed E-state index contributed by atoms with van der Waals surface area (Å²) in [6.07, 6.45) is -0.417. The fourth-order valence-corrected chi connectivity index (χ4v) is 0.321. The van der Waals surface area contributed by atoms with E-state index < -0.39 is 6.10 Å². The summed E-state index contributed by atoms with van der Waals surface area (Å²) in [5.74, 6) is 0. The first-order valence-electron chi connectivity index (χ1n) is 3.06. The first-order valence-corrected chi connectivity index (χ1v) is 3.06. The van der Waals surface area contributed by atoms with Crippen LogP contribution in [0.4, 0.5) is 0 Å². The van der Waals surface area contributed by atoms with E-state index in [2.05, 4.69) is 0 Å². The van der Waals surface area contributed by atoms with Crippen molar-refractivity contribution in [1.82, 2.24) is 0 Å². The zero-order valence-electron chi connectivity index (χ0n) is 13.4. The molecular formula is C15H33OTi-9. The molecule has 0 spiro atoms. The van der Waals surface area contributed by atoms with Crippen molar-refractivity contribution in [3.8, 4) is 0 Å². The number of hydrogen-bond acceptors (Lipinski definition) is 1. The molecule has 1 nitrogen and oxygen atoms in total. The van der Waals surface area contributed by atoms with E-state index in [0.29, 0.717) is 0 Å². The molecule has 0 aliphatic rings. The van der Waals surface area contributed by atoms with Gasteiger partial charge in [-0.05, 0) is 0 Å². The van der Waals surface area contributed by atoms with Crippen molar-refractivity contribution in [2.75, 3.05) is 0 Å². The minimum atomic E-state index is -0.417. The van der Waals surface area contributed by atoms with E-state index in [1.54, 1.807) is 13.8 Å². The van der Waals surface area contributed by atoms with Crippen molar-refractivity contribution in [1.29, 1.82) is 0 Å². The minimum absolute atomic E-state index is 0. The zero-order chi connectivity index (χ0) is 7.11. The van der Waals surface area contributed by atoms with Gasteiger partial charge in [-0.1, -0.05) is 13.8 Å². The summed E-state index contributed by atoms with van der Waals surface area (Å²) in [7, 11) is 0. The van der Waals surface area contributed by atoms with Crippen LogP contribution in [0.1, 0.15) is 13.8 Å². The van der Waals surface area contributed by atoms with E-state index in [4.69, 9.17) is 0 Å². The SMILES string of the molecule is CC(C)[O-].[CH3-].[CH3-].[CH3-].[CH3-].[CH3-].[CH3-].[CH3-].[Ti].c1cc[cH-]c1. The monoisotopic (exact) mass is 277 g/mol. The molecule has 1 rings (SSSR count). The third-order valence-corrected chi connectivity index (χ3v) is 0.556. The van der Waals surface area contributed by atoms with Crippen LogP contribution in [-0.4, -0.2) is 6.10 Å². The van der Waals surface area contributed by atoms with Crippen LogP contribution in [0.25, 0.3) is 0 Å². The van der Waals surface area contributed by atoms with E-state index in [1.165, 1.54) is 0 Å². The molecule has 17 heavy (non-hydrogen) atoms. The van der Waals surface area contributed by atoms with Gasteiger partial charge in [-0.15, -0.1) is 6.10 Å². The van der Waals surface area contributed by atoms with Crippen LogP contribution in [-0.2, 0) is 21.7 Å². The van der Waals surface area contributed by atoms with Crippen LogP contribution in [0.3, 0.4) is 0 Å². The van der Waals surface area contributed by atoms with E-state index in [9.17, 15) is 5.11 Å². The van der Waals surface area contributed by atoms with Gasteiger partial charge in [0.25, 0.3) is 0 Å². The number of hydrogen-bond donors (Lipinski definition) is 0. The van der Waals surface area contributed by atoms with Crippen LogP contribution in [0, 0.1) is 52.0 Å².